The third-order valence-electron chi connectivity index (χ3n) is 5.89. The van der Waals surface area contributed by atoms with Crippen molar-refractivity contribution in [2.75, 3.05) is 18.5 Å². The number of pyridine rings is 1. The fourth-order valence-corrected chi connectivity index (χ4v) is 5.40. The minimum atomic E-state index is 0.298. The molecule has 0 atom stereocenters. The number of rotatable bonds is 5. The van der Waals surface area contributed by atoms with Gasteiger partial charge in [-0.25, -0.2) is 4.98 Å². The molecule has 4 aromatic rings. The molecule has 1 aliphatic rings. The lowest BCUT2D eigenvalue weighted by atomic mass is 9.89. The standard InChI is InChI=1S/C24H23ClN4S/c1-29(13-10-16-8-11-26-12-9-16)22-21-20(15-30-23(21)28-24(25)27-22)19-7-6-17-4-2-3-5-18(17)14-19/h6-9,11-12,14-15H,2-5,10,13H2,1H3. The smallest absolute Gasteiger partial charge is 0.225 e. The highest BCUT2D eigenvalue weighted by atomic mass is 35.5. The van der Waals surface area contributed by atoms with E-state index in [1.165, 1.54) is 53.5 Å². The number of benzene rings is 1. The van der Waals surface area contributed by atoms with Gasteiger partial charge in [-0.15, -0.1) is 11.3 Å². The van der Waals surface area contributed by atoms with Crippen LogP contribution in [0.4, 0.5) is 5.82 Å². The van der Waals surface area contributed by atoms with Gasteiger partial charge in [0.15, 0.2) is 0 Å². The van der Waals surface area contributed by atoms with Crippen LogP contribution in [0, 0.1) is 0 Å². The van der Waals surface area contributed by atoms with Crippen LogP contribution in [0.2, 0.25) is 5.28 Å². The second-order valence-electron chi connectivity index (χ2n) is 7.86. The second-order valence-corrected chi connectivity index (χ2v) is 9.06. The number of hydrogen-bond donors (Lipinski definition) is 0. The van der Waals surface area contributed by atoms with E-state index in [0.29, 0.717) is 5.28 Å². The molecule has 5 rings (SSSR count). The molecule has 0 unspecified atom stereocenters. The summed E-state index contributed by atoms with van der Waals surface area (Å²) in [5.41, 5.74) is 6.69. The van der Waals surface area contributed by atoms with Crippen molar-refractivity contribution < 1.29 is 0 Å². The number of likely N-dealkylation sites (N-methyl/N-ethyl adjacent to an activating group) is 1. The SMILES string of the molecule is CN(CCc1ccncc1)c1nc(Cl)nc2scc(-c3ccc4c(c3)CCCC4)c12. The van der Waals surface area contributed by atoms with E-state index >= 15 is 0 Å². The van der Waals surface area contributed by atoms with Crippen LogP contribution in [0.25, 0.3) is 21.3 Å². The van der Waals surface area contributed by atoms with Gasteiger partial charge in [-0.2, -0.15) is 4.98 Å². The molecule has 1 aromatic carbocycles. The Bertz CT molecular complexity index is 1190. The average molecular weight is 435 g/mol. The van der Waals surface area contributed by atoms with Crippen LogP contribution in [-0.2, 0) is 19.3 Å². The molecule has 0 bridgehead atoms. The Labute approximate surface area is 185 Å². The summed E-state index contributed by atoms with van der Waals surface area (Å²) in [5, 5.41) is 3.59. The maximum atomic E-state index is 6.28. The zero-order valence-corrected chi connectivity index (χ0v) is 18.5. The number of thiophene rings is 1. The maximum absolute atomic E-state index is 6.28. The lowest BCUT2D eigenvalue weighted by Crippen LogP contribution is -2.22. The molecular weight excluding hydrogens is 412 g/mol. The summed E-state index contributed by atoms with van der Waals surface area (Å²) in [4.78, 5) is 16.4. The summed E-state index contributed by atoms with van der Waals surface area (Å²) in [7, 11) is 2.08. The number of halogens is 1. The molecule has 152 valence electrons. The molecule has 0 fully saturated rings. The Hall–Kier alpha value is -2.50. The van der Waals surface area contributed by atoms with E-state index < -0.39 is 0 Å². The second kappa shape index (κ2) is 8.32. The molecule has 0 saturated heterocycles. The summed E-state index contributed by atoms with van der Waals surface area (Å²) in [6, 6.07) is 11.0. The summed E-state index contributed by atoms with van der Waals surface area (Å²) in [6.45, 7) is 0.839. The summed E-state index contributed by atoms with van der Waals surface area (Å²) in [5.74, 6) is 0.896. The number of hydrogen-bond acceptors (Lipinski definition) is 5. The van der Waals surface area contributed by atoms with E-state index in [4.69, 9.17) is 11.6 Å². The van der Waals surface area contributed by atoms with Gasteiger partial charge in [0.05, 0.1) is 5.39 Å². The molecule has 0 N–H and O–H groups in total. The van der Waals surface area contributed by atoms with Gasteiger partial charge < -0.3 is 4.90 Å². The Kier molecular flexibility index (Phi) is 5.40. The molecule has 4 nitrogen and oxygen atoms in total. The largest absolute Gasteiger partial charge is 0.359 e. The highest BCUT2D eigenvalue weighted by Crippen LogP contribution is 2.39. The van der Waals surface area contributed by atoms with Gasteiger partial charge in [-0.3, -0.25) is 4.98 Å². The molecule has 0 spiro atoms. The molecule has 1 aliphatic carbocycles. The van der Waals surface area contributed by atoms with Crippen molar-refractivity contribution in [3.63, 3.8) is 0 Å². The lowest BCUT2D eigenvalue weighted by Gasteiger charge is -2.20. The van der Waals surface area contributed by atoms with Crippen molar-refractivity contribution in [1.29, 1.82) is 0 Å². The Morgan fingerprint density at radius 3 is 2.67 bits per heavy atom. The van der Waals surface area contributed by atoms with Gasteiger partial charge in [-0.05, 0) is 78.1 Å². The van der Waals surface area contributed by atoms with Crippen LogP contribution in [-0.4, -0.2) is 28.5 Å². The molecule has 6 heteroatoms. The van der Waals surface area contributed by atoms with Gasteiger partial charge >= 0.3 is 0 Å². The highest BCUT2D eigenvalue weighted by molar-refractivity contribution is 7.17. The molecule has 0 radical (unpaired) electrons. The topological polar surface area (TPSA) is 41.9 Å². The van der Waals surface area contributed by atoms with Gasteiger partial charge in [0.2, 0.25) is 5.28 Å². The van der Waals surface area contributed by atoms with Crippen LogP contribution >= 0.6 is 22.9 Å². The van der Waals surface area contributed by atoms with Crippen molar-refractivity contribution in [2.45, 2.75) is 32.1 Å². The van der Waals surface area contributed by atoms with Crippen LogP contribution in [0.15, 0.2) is 48.1 Å². The monoisotopic (exact) mass is 434 g/mol. The lowest BCUT2D eigenvalue weighted by molar-refractivity contribution is 0.686. The van der Waals surface area contributed by atoms with Gasteiger partial charge in [0.1, 0.15) is 10.6 Å². The molecule has 0 amide bonds. The Morgan fingerprint density at radius 2 is 1.83 bits per heavy atom. The number of anilines is 1. The first-order valence-corrected chi connectivity index (χ1v) is 11.6. The first-order chi connectivity index (χ1) is 14.7. The zero-order chi connectivity index (χ0) is 20.5. The number of nitrogens with zero attached hydrogens (tertiary/aromatic N) is 4. The molecule has 30 heavy (non-hydrogen) atoms. The van der Waals surface area contributed by atoms with Crippen molar-refractivity contribution in [3.05, 3.63) is 70.1 Å². The summed E-state index contributed by atoms with van der Waals surface area (Å²) >= 11 is 7.92. The fourth-order valence-electron chi connectivity index (χ4n) is 4.24. The van der Waals surface area contributed by atoms with Crippen LogP contribution in [0.3, 0.4) is 0 Å². The van der Waals surface area contributed by atoms with Crippen LogP contribution in [0.5, 0.6) is 0 Å². The average Bonchev–Trinajstić information content (AvgIpc) is 3.21. The molecule has 3 heterocycles. The van der Waals surface area contributed by atoms with Crippen LogP contribution < -0.4 is 4.90 Å². The van der Waals surface area contributed by atoms with E-state index in [0.717, 1.165) is 29.0 Å². The third-order valence-corrected chi connectivity index (χ3v) is 6.93. The third kappa shape index (κ3) is 3.80. The quantitative estimate of drug-likeness (QED) is 0.363. The first-order valence-electron chi connectivity index (χ1n) is 10.4. The van der Waals surface area contributed by atoms with Gasteiger partial charge in [0, 0.05) is 36.9 Å². The van der Waals surface area contributed by atoms with Crippen molar-refractivity contribution in [1.82, 2.24) is 15.0 Å². The first kappa shape index (κ1) is 19.5. The maximum Gasteiger partial charge on any atom is 0.225 e. The van der Waals surface area contributed by atoms with Crippen LogP contribution in [0.1, 0.15) is 29.5 Å². The minimum Gasteiger partial charge on any atom is -0.359 e. The highest BCUT2D eigenvalue weighted by Gasteiger charge is 2.19. The summed E-state index contributed by atoms with van der Waals surface area (Å²) in [6.07, 6.45) is 9.54. The molecule has 0 aliphatic heterocycles. The minimum absolute atomic E-state index is 0.298. The van der Waals surface area contributed by atoms with E-state index in [9.17, 15) is 0 Å². The Morgan fingerprint density at radius 1 is 1.03 bits per heavy atom. The van der Waals surface area contributed by atoms with E-state index in [-0.39, 0.29) is 0 Å². The molecule has 0 saturated carbocycles. The van der Waals surface area contributed by atoms with E-state index in [1.54, 1.807) is 11.3 Å². The number of aryl methyl sites for hydroxylation is 2. The van der Waals surface area contributed by atoms with Gasteiger partial charge in [0.25, 0.3) is 0 Å². The fraction of sp³-hybridized carbons (Fsp3) is 0.292. The zero-order valence-electron chi connectivity index (χ0n) is 16.9. The predicted molar refractivity (Wildman–Crippen MR) is 126 cm³/mol. The summed E-state index contributed by atoms with van der Waals surface area (Å²) < 4.78 is 0. The predicted octanol–water partition coefficient (Wildman–Crippen LogP) is 5.96. The molecule has 3 aromatic heterocycles. The van der Waals surface area contributed by atoms with Crippen molar-refractivity contribution >= 4 is 39.0 Å². The normalized spacial score (nSPS) is 13.4. The Balaban J connectivity index is 1.53. The van der Waals surface area contributed by atoms with Crippen molar-refractivity contribution in [2.24, 2.45) is 0 Å². The molecular formula is C24H23ClN4S. The number of aromatic nitrogens is 3. The van der Waals surface area contributed by atoms with E-state index in [1.807, 2.05) is 12.4 Å². The van der Waals surface area contributed by atoms with Crippen molar-refractivity contribution in [3.8, 4) is 11.1 Å². The van der Waals surface area contributed by atoms with E-state index in [2.05, 4.69) is 62.6 Å². The number of fused-ring (bicyclic) bond motifs is 2. The van der Waals surface area contributed by atoms with Gasteiger partial charge in [-0.1, -0.05) is 18.2 Å².